The van der Waals surface area contributed by atoms with Gasteiger partial charge in [-0.25, -0.2) is 14.0 Å². The molecule has 0 aromatic heterocycles. The van der Waals surface area contributed by atoms with E-state index in [0.29, 0.717) is 19.4 Å². The van der Waals surface area contributed by atoms with E-state index in [2.05, 4.69) is 15.4 Å². The number of ether oxygens (including phenoxy) is 2. The molecule has 7 nitrogen and oxygen atoms in total. The number of nitrogens with one attached hydrogen (secondary N) is 2. The van der Waals surface area contributed by atoms with Gasteiger partial charge in [0, 0.05) is 30.9 Å². The van der Waals surface area contributed by atoms with Gasteiger partial charge in [0.15, 0.2) is 11.6 Å². The van der Waals surface area contributed by atoms with Crippen molar-refractivity contribution in [2.24, 2.45) is 0 Å². The molecule has 3 amide bonds. The number of urea groups is 1. The number of hydrogen-bond acceptors (Lipinski definition) is 4. The maximum Gasteiger partial charge on any atom is 0.573 e. The molecule has 0 saturated carbocycles. The first-order valence-corrected chi connectivity index (χ1v) is 8.93. The van der Waals surface area contributed by atoms with Crippen LogP contribution in [0.2, 0.25) is 0 Å². The molecule has 1 aromatic carbocycles. The van der Waals surface area contributed by atoms with E-state index in [1.165, 1.54) is 4.90 Å². The van der Waals surface area contributed by atoms with Gasteiger partial charge in [-0.1, -0.05) is 0 Å². The molecule has 1 heterocycles. The van der Waals surface area contributed by atoms with Gasteiger partial charge in [-0.3, -0.25) is 0 Å². The van der Waals surface area contributed by atoms with Gasteiger partial charge in [0.2, 0.25) is 0 Å². The third kappa shape index (κ3) is 7.66. The van der Waals surface area contributed by atoms with Crippen molar-refractivity contribution in [2.75, 3.05) is 18.4 Å². The number of anilines is 1. The molecule has 0 radical (unpaired) electrons. The normalized spacial score (nSPS) is 17.5. The minimum Gasteiger partial charge on any atom is -0.444 e. The predicted octanol–water partition coefficient (Wildman–Crippen LogP) is 4.25. The molecular formula is C18H23F4N3O4. The molecule has 1 aliphatic heterocycles. The smallest absolute Gasteiger partial charge is 0.444 e. The molecule has 1 aromatic rings. The Morgan fingerprint density at radius 2 is 1.90 bits per heavy atom. The number of alkyl halides is 3. The van der Waals surface area contributed by atoms with Gasteiger partial charge in [0.05, 0.1) is 0 Å². The van der Waals surface area contributed by atoms with Crippen molar-refractivity contribution >= 4 is 17.8 Å². The highest BCUT2D eigenvalue weighted by atomic mass is 19.4. The van der Waals surface area contributed by atoms with Crippen molar-refractivity contribution in [3.8, 4) is 5.75 Å². The van der Waals surface area contributed by atoms with Gasteiger partial charge in [0.1, 0.15) is 5.60 Å². The quantitative estimate of drug-likeness (QED) is 0.716. The Labute approximate surface area is 165 Å². The lowest BCUT2D eigenvalue weighted by molar-refractivity contribution is -0.275. The molecule has 2 rings (SSSR count). The minimum atomic E-state index is -5.02. The average molecular weight is 421 g/mol. The van der Waals surface area contributed by atoms with Gasteiger partial charge in [-0.15, -0.1) is 13.2 Å². The number of piperidine rings is 1. The van der Waals surface area contributed by atoms with Crippen molar-refractivity contribution in [3.63, 3.8) is 0 Å². The number of amides is 3. The molecule has 1 atom stereocenters. The Bertz CT molecular complexity index is 750. The van der Waals surface area contributed by atoms with Gasteiger partial charge in [-0.05, 0) is 45.7 Å². The standard InChI is InChI=1S/C18H23F4N3O4/c1-17(2,3)29-16(27)24-12-5-4-8-25(10-12)15(26)23-11-6-7-14(13(19)9-11)28-18(20,21)22/h6-7,9,12H,4-5,8,10H2,1-3H3,(H,23,26)(H,24,27)/t12-/m1/s1. The summed E-state index contributed by atoms with van der Waals surface area (Å²) in [4.78, 5) is 25.7. The maximum atomic E-state index is 13.8. The number of carbonyl (C=O) groups is 2. The molecule has 1 aliphatic rings. The van der Waals surface area contributed by atoms with Crippen LogP contribution in [0.4, 0.5) is 32.8 Å². The lowest BCUT2D eigenvalue weighted by Crippen LogP contribution is -2.51. The van der Waals surface area contributed by atoms with Gasteiger partial charge >= 0.3 is 18.5 Å². The second-order valence-corrected chi connectivity index (χ2v) is 7.55. The van der Waals surface area contributed by atoms with Crippen molar-refractivity contribution in [3.05, 3.63) is 24.0 Å². The van der Waals surface area contributed by atoms with Crippen LogP contribution in [0.25, 0.3) is 0 Å². The summed E-state index contributed by atoms with van der Waals surface area (Å²) in [5, 5.41) is 5.12. The second kappa shape index (κ2) is 8.75. The highest BCUT2D eigenvalue weighted by Crippen LogP contribution is 2.27. The van der Waals surface area contributed by atoms with Crippen LogP contribution in [-0.2, 0) is 4.74 Å². The van der Waals surface area contributed by atoms with Crippen LogP contribution < -0.4 is 15.4 Å². The summed E-state index contributed by atoms with van der Waals surface area (Å²) in [6, 6.07) is 1.73. The third-order valence-electron chi connectivity index (χ3n) is 3.84. The van der Waals surface area contributed by atoms with E-state index in [1.807, 2.05) is 0 Å². The number of rotatable bonds is 3. The summed E-state index contributed by atoms with van der Waals surface area (Å²) in [6.45, 7) is 5.82. The summed E-state index contributed by atoms with van der Waals surface area (Å²) in [7, 11) is 0. The van der Waals surface area contributed by atoms with E-state index in [1.54, 1.807) is 20.8 Å². The Hall–Kier alpha value is -2.72. The third-order valence-corrected chi connectivity index (χ3v) is 3.84. The van der Waals surface area contributed by atoms with Crippen molar-refractivity contribution in [1.29, 1.82) is 0 Å². The van der Waals surface area contributed by atoms with Crippen LogP contribution in [0.5, 0.6) is 5.75 Å². The van der Waals surface area contributed by atoms with Crippen molar-refractivity contribution < 1.29 is 36.6 Å². The van der Waals surface area contributed by atoms with Gasteiger partial charge in [0.25, 0.3) is 0 Å². The number of hydrogen-bond donors (Lipinski definition) is 2. The molecule has 1 fully saturated rings. The van der Waals surface area contributed by atoms with Gasteiger partial charge in [-0.2, -0.15) is 0 Å². The SMILES string of the molecule is CC(C)(C)OC(=O)N[C@@H]1CCCN(C(=O)Nc2ccc(OC(F)(F)F)c(F)c2)C1. The summed E-state index contributed by atoms with van der Waals surface area (Å²) >= 11 is 0. The minimum absolute atomic E-state index is 0.0238. The lowest BCUT2D eigenvalue weighted by atomic mass is 10.1. The van der Waals surface area contributed by atoms with Crippen LogP contribution >= 0.6 is 0 Å². The number of alkyl carbamates (subject to hydrolysis) is 1. The molecular weight excluding hydrogens is 398 g/mol. The maximum absolute atomic E-state index is 13.8. The second-order valence-electron chi connectivity index (χ2n) is 7.55. The van der Waals surface area contributed by atoms with Crippen LogP contribution in [-0.4, -0.2) is 48.1 Å². The highest BCUT2D eigenvalue weighted by Gasteiger charge is 2.32. The lowest BCUT2D eigenvalue weighted by Gasteiger charge is -2.33. The zero-order valence-corrected chi connectivity index (χ0v) is 16.2. The average Bonchev–Trinajstić information content (AvgIpc) is 2.54. The Morgan fingerprint density at radius 3 is 2.48 bits per heavy atom. The fourth-order valence-corrected chi connectivity index (χ4v) is 2.74. The fraction of sp³-hybridized carbons (Fsp3) is 0.556. The predicted molar refractivity (Wildman–Crippen MR) is 96.1 cm³/mol. The number of likely N-dealkylation sites (tertiary alicyclic amines) is 1. The first-order chi connectivity index (χ1) is 13.3. The monoisotopic (exact) mass is 421 g/mol. The van der Waals surface area contributed by atoms with Crippen LogP contribution in [0.3, 0.4) is 0 Å². The fourth-order valence-electron chi connectivity index (χ4n) is 2.74. The Kier molecular flexibility index (Phi) is 6.81. The number of benzene rings is 1. The molecule has 0 unspecified atom stereocenters. The van der Waals surface area contributed by atoms with Crippen molar-refractivity contribution in [2.45, 2.75) is 51.6 Å². The number of carbonyl (C=O) groups excluding carboxylic acids is 2. The first-order valence-electron chi connectivity index (χ1n) is 8.93. The largest absolute Gasteiger partial charge is 0.573 e. The molecule has 1 saturated heterocycles. The Balaban J connectivity index is 1.93. The van der Waals surface area contributed by atoms with Gasteiger partial charge < -0.3 is 25.0 Å². The molecule has 11 heteroatoms. The number of nitrogens with zero attached hydrogens (tertiary/aromatic N) is 1. The summed E-state index contributed by atoms with van der Waals surface area (Å²) in [5.74, 6) is -2.25. The van der Waals surface area contributed by atoms with E-state index in [9.17, 15) is 27.2 Å². The zero-order valence-electron chi connectivity index (χ0n) is 16.2. The van der Waals surface area contributed by atoms with E-state index < -0.39 is 35.7 Å². The first kappa shape index (κ1) is 22.6. The molecule has 162 valence electrons. The molecule has 2 N–H and O–H groups in total. The molecule has 0 aliphatic carbocycles. The van der Waals surface area contributed by atoms with E-state index >= 15 is 0 Å². The van der Waals surface area contributed by atoms with Crippen molar-refractivity contribution in [1.82, 2.24) is 10.2 Å². The zero-order chi connectivity index (χ0) is 21.8. The summed E-state index contributed by atoms with van der Waals surface area (Å²) in [5.41, 5.74) is -0.675. The van der Waals surface area contributed by atoms with Crippen LogP contribution in [0.15, 0.2) is 18.2 Å². The molecule has 0 spiro atoms. The van der Waals surface area contributed by atoms with Crippen LogP contribution in [0.1, 0.15) is 33.6 Å². The summed E-state index contributed by atoms with van der Waals surface area (Å²) in [6.07, 6.45) is -4.33. The molecule has 29 heavy (non-hydrogen) atoms. The van der Waals surface area contributed by atoms with E-state index in [-0.39, 0.29) is 18.3 Å². The van der Waals surface area contributed by atoms with E-state index in [0.717, 1.165) is 18.2 Å². The van der Waals surface area contributed by atoms with Crippen LogP contribution in [0, 0.1) is 5.82 Å². The van der Waals surface area contributed by atoms with E-state index in [4.69, 9.17) is 4.74 Å². The highest BCUT2D eigenvalue weighted by molar-refractivity contribution is 5.89. The summed E-state index contributed by atoms with van der Waals surface area (Å²) < 4.78 is 59.1. The Morgan fingerprint density at radius 1 is 1.21 bits per heavy atom. The topological polar surface area (TPSA) is 79.9 Å². The number of halogens is 4. The molecule has 0 bridgehead atoms.